The van der Waals surface area contributed by atoms with Crippen molar-refractivity contribution in [2.45, 2.75) is 51.2 Å². The van der Waals surface area contributed by atoms with Gasteiger partial charge >= 0.3 is 5.97 Å². The number of aliphatic hydroxyl groups excluding tert-OH is 2. The monoisotopic (exact) mass is 510 g/mol. The molecule has 0 aliphatic heterocycles. The minimum absolute atomic E-state index is 0.263. The summed E-state index contributed by atoms with van der Waals surface area (Å²) in [4.78, 5) is 10.7. The van der Waals surface area contributed by atoms with Crippen LogP contribution in [0.25, 0.3) is 22.4 Å². The van der Waals surface area contributed by atoms with Gasteiger partial charge in [-0.2, -0.15) is 5.10 Å². The van der Waals surface area contributed by atoms with Gasteiger partial charge in [-0.3, -0.25) is 4.68 Å². The van der Waals surface area contributed by atoms with E-state index in [-0.39, 0.29) is 19.0 Å². The molecule has 3 aromatic rings. The summed E-state index contributed by atoms with van der Waals surface area (Å²) in [6.07, 6.45) is 3.91. The van der Waals surface area contributed by atoms with Crippen LogP contribution in [-0.2, 0) is 22.5 Å². The van der Waals surface area contributed by atoms with Crippen molar-refractivity contribution >= 4 is 5.97 Å². The first-order chi connectivity index (χ1) is 17.9. The first-order valence-electron chi connectivity index (χ1n) is 12.9. The van der Waals surface area contributed by atoms with Crippen LogP contribution in [0.2, 0.25) is 0 Å². The third kappa shape index (κ3) is 7.25. The molecule has 2 aromatic carbocycles. The zero-order chi connectivity index (χ0) is 26.2. The van der Waals surface area contributed by atoms with E-state index in [4.69, 9.17) is 14.9 Å². The standard InChI is InChI=1S/C29H35FN2O5/c30-24-8-4-7-23(15-24)28-26(14-13-25(34)17-33)32(31-29(28)22-5-2-1-3-6-22)16-20-9-11-21(12-10-20)18-37-19-27(35)36/h1-8,15,20-21,25,33-34H,9-14,16-19H2,(H,35,36)/t20-,21+,25-/m0/s1. The summed E-state index contributed by atoms with van der Waals surface area (Å²) in [5.74, 6) is -0.528. The Morgan fingerprint density at radius 2 is 1.76 bits per heavy atom. The molecule has 1 atom stereocenters. The van der Waals surface area contributed by atoms with Crippen LogP contribution < -0.4 is 0 Å². The SMILES string of the molecule is O=C(O)COC[C@H]1CC[C@@H](Cn2nc(-c3ccccc3)c(-c3cccc(F)c3)c2CC[C@H](O)CO)CC1. The number of hydrogen-bond donors (Lipinski definition) is 3. The van der Waals surface area contributed by atoms with Crippen LogP contribution >= 0.6 is 0 Å². The Hall–Kier alpha value is -3.07. The molecule has 37 heavy (non-hydrogen) atoms. The summed E-state index contributed by atoms with van der Waals surface area (Å²) >= 11 is 0. The number of halogens is 1. The van der Waals surface area contributed by atoms with Crippen LogP contribution in [0.3, 0.4) is 0 Å². The second-order valence-corrected chi connectivity index (χ2v) is 9.90. The molecule has 8 heteroatoms. The zero-order valence-electron chi connectivity index (χ0n) is 20.9. The highest BCUT2D eigenvalue weighted by molar-refractivity contribution is 5.82. The molecule has 7 nitrogen and oxygen atoms in total. The second-order valence-electron chi connectivity index (χ2n) is 9.90. The van der Waals surface area contributed by atoms with Crippen LogP contribution in [0.4, 0.5) is 4.39 Å². The molecular formula is C29H35FN2O5. The van der Waals surface area contributed by atoms with Crippen LogP contribution in [0, 0.1) is 17.7 Å². The summed E-state index contributed by atoms with van der Waals surface area (Å²) in [5.41, 5.74) is 4.22. The van der Waals surface area contributed by atoms with Gasteiger partial charge in [-0.25, -0.2) is 9.18 Å². The molecule has 0 radical (unpaired) electrons. The largest absolute Gasteiger partial charge is 0.480 e. The molecule has 0 unspecified atom stereocenters. The number of carbonyl (C=O) groups is 1. The fourth-order valence-electron chi connectivity index (χ4n) is 5.18. The van der Waals surface area contributed by atoms with Gasteiger partial charge in [-0.05, 0) is 68.1 Å². The quantitative estimate of drug-likeness (QED) is 0.330. The van der Waals surface area contributed by atoms with Crippen LogP contribution in [0.5, 0.6) is 0 Å². The van der Waals surface area contributed by atoms with E-state index in [9.17, 15) is 19.4 Å². The van der Waals surface area contributed by atoms with Gasteiger partial charge in [0, 0.05) is 23.4 Å². The molecule has 1 aliphatic rings. The Labute approximate surface area is 216 Å². The first kappa shape index (κ1) is 27.0. The Balaban J connectivity index is 1.62. The Morgan fingerprint density at radius 3 is 2.43 bits per heavy atom. The number of nitrogens with zero attached hydrogens (tertiary/aromatic N) is 2. The molecule has 1 aliphatic carbocycles. The van der Waals surface area contributed by atoms with Crippen molar-refractivity contribution in [1.82, 2.24) is 9.78 Å². The predicted octanol–water partition coefficient (Wildman–Crippen LogP) is 4.55. The van der Waals surface area contributed by atoms with E-state index in [0.29, 0.717) is 37.8 Å². The third-order valence-electron chi connectivity index (χ3n) is 7.12. The van der Waals surface area contributed by atoms with Gasteiger partial charge in [0.1, 0.15) is 18.1 Å². The fourth-order valence-corrected chi connectivity index (χ4v) is 5.18. The van der Waals surface area contributed by atoms with E-state index >= 15 is 0 Å². The van der Waals surface area contributed by atoms with E-state index in [1.165, 1.54) is 12.1 Å². The highest BCUT2D eigenvalue weighted by atomic mass is 19.1. The maximum Gasteiger partial charge on any atom is 0.329 e. The van der Waals surface area contributed by atoms with E-state index in [2.05, 4.69) is 0 Å². The minimum atomic E-state index is -0.950. The van der Waals surface area contributed by atoms with Gasteiger partial charge in [0.15, 0.2) is 0 Å². The van der Waals surface area contributed by atoms with Gasteiger partial charge in [0.25, 0.3) is 0 Å². The van der Waals surface area contributed by atoms with Crippen molar-refractivity contribution in [3.63, 3.8) is 0 Å². The molecule has 0 saturated heterocycles. The average Bonchev–Trinajstić information content (AvgIpc) is 3.26. The van der Waals surface area contributed by atoms with Crippen molar-refractivity contribution in [2.24, 2.45) is 11.8 Å². The number of carboxylic acid groups (broad SMARTS) is 1. The summed E-state index contributed by atoms with van der Waals surface area (Å²) in [6.45, 7) is 0.583. The number of rotatable bonds is 12. The molecular weight excluding hydrogens is 475 g/mol. The lowest BCUT2D eigenvalue weighted by Crippen LogP contribution is -2.24. The minimum Gasteiger partial charge on any atom is -0.480 e. The van der Waals surface area contributed by atoms with Crippen molar-refractivity contribution < 1.29 is 29.2 Å². The summed E-state index contributed by atoms with van der Waals surface area (Å²) in [5, 5.41) is 33.3. The number of carboxylic acids is 1. The van der Waals surface area contributed by atoms with Gasteiger partial charge in [-0.15, -0.1) is 0 Å². The van der Waals surface area contributed by atoms with E-state index < -0.39 is 12.1 Å². The van der Waals surface area contributed by atoms with Gasteiger partial charge in [0.05, 0.1) is 19.3 Å². The number of ether oxygens (including phenoxy) is 1. The van der Waals surface area contributed by atoms with Crippen molar-refractivity contribution in [2.75, 3.05) is 19.8 Å². The molecule has 1 heterocycles. The Kier molecular flexibility index (Phi) is 9.44. The molecule has 0 spiro atoms. The average molecular weight is 511 g/mol. The van der Waals surface area contributed by atoms with Crippen LogP contribution in [-0.4, -0.2) is 57.0 Å². The molecule has 1 aromatic heterocycles. The van der Waals surface area contributed by atoms with Gasteiger partial charge < -0.3 is 20.1 Å². The highest BCUT2D eigenvalue weighted by Gasteiger charge is 2.26. The first-order valence-corrected chi connectivity index (χ1v) is 12.9. The summed E-state index contributed by atoms with van der Waals surface area (Å²) < 4.78 is 21.6. The topological polar surface area (TPSA) is 105 Å². The third-order valence-corrected chi connectivity index (χ3v) is 7.12. The molecule has 4 rings (SSSR count). The lowest BCUT2D eigenvalue weighted by atomic mass is 9.82. The number of aliphatic hydroxyl groups is 2. The van der Waals surface area contributed by atoms with Crippen molar-refractivity contribution in [3.05, 3.63) is 66.1 Å². The second kappa shape index (κ2) is 12.9. The zero-order valence-corrected chi connectivity index (χ0v) is 20.9. The summed E-state index contributed by atoms with van der Waals surface area (Å²) in [6, 6.07) is 16.3. The molecule has 3 N–H and O–H groups in total. The summed E-state index contributed by atoms with van der Waals surface area (Å²) in [7, 11) is 0. The number of aromatic nitrogens is 2. The fraction of sp³-hybridized carbons (Fsp3) is 0.448. The number of aliphatic carboxylic acids is 1. The van der Waals surface area contributed by atoms with Crippen LogP contribution in [0.1, 0.15) is 37.8 Å². The lowest BCUT2D eigenvalue weighted by molar-refractivity contribution is -0.142. The van der Waals surface area contributed by atoms with Gasteiger partial charge in [-0.1, -0.05) is 42.5 Å². The van der Waals surface area contributed by atoms with Crippen molar-refractivity contribution in [1.29, 1.82) is 0 Å². The van der Waals surface area contributed by atoms with E-state index in [1.54, 1.807) is 6.07 Å². The molecule has 1 saturated carbocycles. The number of benzene rings is 2. The molecule has 198 valence electrons. The van der Waals surface area contributed by atoms with Crippen LogP contribution in [0.15, 0.2) is 54.6 Å². The maximum atomic E-state index is 14.3. The predicted molar refractivity (Wildman–Crippen MR) is 138 cm³/mol. The van der Waals surface area contributed by atoms with E-state index in [1.807, 2.05) is 41.1 Å². The highest BCUT2D eigenvalue weighted by Crippen LogP contribution is 2.37. The smallest absolute Gasteiger partial charge is 0.329 e. The van der Waals surface area contributed by atoms with Gasteiger partial charge in [0.2, 0.25) is 0 Å². The Morgan fingerprint density at radius 1 is 1.05 bits per heavy atom. The normalized spacial score (nSPS) is 18.6. The maximum absolute atomic E-state index is 14.3. The lowest BCUT2D eigenvalue weighted by Gasteiger charge is -2.28. The van der Waals surface area contributed by atoms with Crippen molar-refractivity contribution in [3.8, 4) is 22.4 Å². The molecule has 0 bridgehead atoms. The molecule has 1 fully saturated rings. The Bertz CT molecular complexity index is 1160. The number of hydrogen-bond acceptors (Lipinski definition) is 5. The molecule has 0 amide bonds. The van der Waals surface area contributed by atoms with E-state index in [0.717, 1.165) is 53.8 Å².